The zero-order chi connectivity index (χ0) is 21.9. The van der Waals surface area contributed by atoms with E-state index in [1.807, 2.05) is 18.2 Å². The molecule has 6 nitrogen and oxygen atoms in total. The fraction of sp³-hybridized carbons (Fsp3) is 0.261. The first kappa shape index (κ1) is 21.6. The van der Waals surface area contributed by atoms with Gasteiger partial charge in [0.2, 0.25) is 0 Å². The number of anilines is 1. The van der Waals surface area contributed by atoms with E-state index in [-0.39, 0.29) is 23.9 Å². The number of benzene rings is 2. The first-order valence-electron chi connectivity index (χ1n) is 9.56. The lowest BCUT2D eigenvalue weighted by Crippen LogP contribution is -2.29. The van der Waals surface area contributed by atoms with Crippen LogP contribution in [0.2, 0.25) is 5.02 Å². The third-order valence-corrected chi connectivity index (χ3v) is 4.89. The van der Waals surface area contributed by atoms with Gasteiger partial charge in [0.15, 0.2) is 0 Å². The standard InChI is InChI=1S/C23H24ClN3O3/c1-23(2,3)19-13-18(26-22(30)25-17-10-8-16(24)9-11-17)21(27-19)15-6-4-14(5-7-15)12-20(28)29/h4-11,13,21H,12H2,1-3H3,(H,28,29)(H2,25,26,30). The smallest absolute Gasteiger partial charge is 0.323 e. The van der Waals surface area contributed by atoms with Crippen molar-refractivity contribution in [2.45, 2.75) is 33.2 Å². The summed E-state index contributed by atoms with van der Waals surface area (Å²) in [6.45, 7) is 6.18. The van der Waals surface area contributed by atoms with E-state index in [1.54, 1.807) is 36.4 Å². The molecule has 2 aromatic carbocycles. The summed E-state index contributed by atoms with van der Waals surface area (Å²) in [5, 5.41) is 15.2. The number of aliphatic imine (C=N–C) groups is 1. The van der Waals surface area contributed by atoms with E-state index < -0.39 is 5.97 Å². The molecule has 7 heteroatoms. The van der Waals surface area contributed by atoms with Crippen molar-refractivity contribution in [1.29, 1.82) is 0 Å². The Morgan fingerprint density at radius 2 is 1.67 bits per heavy atom. The Bertz CT molecular complexity index is 1000. The Hall–Kier alpha value is -3.12. The molecule has 3 rings (SSSR count). The number of rotatable bonds is 5. The third-order valence-electron chi connectivity index (χ3n) is 4.63. The zero-order valence-corrected chi connectivity index (χ0v) is 17.8. The monoisotopic (exact) mass is 425 g/mol. The Balaban J connectivity index is 1.80. The van der Waals surface area contributed by atoms with Crippen molar-refractivity contribution in [1.82, 2.24) is 5.32 Å². The molecule has 0 spiro atoms. The van der Waals surface area contributed by atoms with Gasteiger partial charge in [-0.05, 0) is 41.5 Å². The van der Waals surface area contributed by atoms with Gasteiger partial charge in [0.1, 0.15) is 6.04 Å². The minimum absolute atomic E-state index is 0.0358. The fourth-order valence-electron chi connectivity index (χ4n) is 3.06. The molecular formula is C23H24ClN3O3. The summed E-state index contributed by atoms with van der Waals surface area (Å²) in [6, 6.07) is 13.4. The van der Waals surface area contributed by atoms with Crippen LogP contribution in [0.1, 0.15) is 37.9 Å². The van der Waals surface area contributed by atoms with Crippen LogP contribution in [0.4, 0.5) is 10.5 Å². The Kier molecular flexibility index (Phi) is 6.27. The number of carboxylic acid groups (broad SMARTS) is 1. The first-order chi connectivity index (χ1) is 14.1. The van der Waals surface area contributed by atoms with Crippen LogP contribution in [-0.4, -0.2) is 22.8 Å². The zero-order valence-electron chi connectivity index (χ0n) is 17.1. The number of hydrogen-bond acceptors (Lipinski definition) is 3. The van der Waals surface area contributed by atoms with Gasteiger partial charge in [-0.3, -0.25) is 9.79 Å². The van der Waals surface area contributed by atoms with Crippen LogP contribution in [0.5, 0.6) is 0 Å². The van der Waals surface area contributed by atoms with Gasteiger partial charge in [-0.2, -0.15) is 0 Å². The molecule has 0 bridgehead atoms. The summed E-state index contributed by atoms with van der Waals surface area (Å²) in [5.41, 5.74) is 3.57. The molecule has 0 saturated heterocycles. The van der Waals surface area contributed by atoms with E-state index in [1.165, 1.54) is 0 Å². The van der Waals surface area contributed by atoms with Crippen molar-refractivity contribution in [3.63, 3.8) is 0 Å². The molecule has 0 aromatic heterocycles. The molecule has 0 saturated carbocycles. The van der Waals surface area contributed by atoms with Crippen LogP contribution in [0.15, 0.2) is 65.3 Å². The fourth-order valence-corrected chi connectivity index (χ4v) is 3.19. The second kappa shape index (κ2) is 8.71. The summed E-state index contributed by atoms with van der Waals surface area (Å²) in [6.07, 6.45) is 1.86. The van der Waals surface area contributed by atoms with E-state index in [4.69, 9.17) is 21.7 Å². The maximum atomic E-state index is 12.5. The first-order valence-corrected chi connectivity index (χ1v) is 9.94. The van der Waals surface area contributed by atoms with Crippen LogP contribution in [-0.2, 0) is 11.2 Å². The Morgan fingerprint density at radius 3 is 2.23 bits per heavy atom. The molecule has 1 heterocycles. The number of aliphatic carboxylic acids is 1. The maximum Gasteiger partial charge on any atom is 0.323 e. The number of nitrogens with zero attached hydrogens (tertiary/aromatic N) is 1. The van der Waals surface area contributed by atoms with E-state index in [0.29, 0.717) is 22.0 Å². The molecule has 1 unspecified atom stereocenters. The van der Waals surface area contributed by atoms with E-state index in [2.05, 4.69) is 31.4 Å². The molecule has 3 N–H and O–H groups in total. The highest BCUT2D eigenvalue weighted by molar-refractivity contribution is 6.30. The number of carbonyl (C=O) groups excluding carboxylic acids is 1. The lowest BCUT2D eigenvalue weighted by Gasteiger charge is -2.17. The molecule has 1 aliphatic rings. The highest BCUT2D eigenvalue weighted by atomic mass is 35.5. The number of nitrogens with one attached hydrogen (secondary N) is 2. The molecule has 30 heavy (non-hydrogen) atoms. The summed E-state index contributed by atoms with van der Waals surface area (Å²) in [7, 11) is 0. The van der Waals surface area contributed by atoms with Gasteiger partial charge in [-0.15, -0.1) is 0 Å². The van der Waals surface area contributed by atoms with E-state index in [0.717, 1.165) is 11.3 Å². The molecule has 1 atom stereocenters. The summed E-state index contributed by atoms with van der Waals surface area (Å²) in [4.78, 5) is 28.3. The Labute approximate surface area is 180 Å². The SMILES string of the molecule is CC(C)(C)C1=NC(c2ccc(CC(=O)O)cc2)C(NC(=O)Nc2ccc(Cl)cc2)=C1. The van der Waals surface area contributed by atoms with Crippen molar-refractivity contribution < 1.29 is 14.7 Å². The maximum absolute atomic E-state index is 12.5. The summed E-state index contributed by atoms with van der Waals surface area (Å²) >= 11 is 5.89. The minimum Gasteiger partial charge on any atom is -0.481 e. The molecular weight excluding hydrogens is 402 g/mol. The predicted molar refractivity (Wildman–Crippen MR) is 119 cm³/mol. The topological polar surface area (TPSA) is 90.8 Å². The number of carbonyl (C=O) groups is 2. The normalized spacial score (nSPS) is 15.9. The largest absolute Gasteiger partial charge is 0.481 e. The molecule has 2 aromatic rings. The van der Waals surface area contributed by atoms with Gasteiger partial charge in [0, 0.05) is 21.8 Å². The lowest BCUT2D eigenvalue weighted by molar-refractivity contribution is -0.136. The van der Waals surface area contributed by atoms with Gasteiger partial charge >= 0.3 is 12.0 Å². The average molecular weight is 426 g/mol. The van der Waals surface area contributed by atoms with E-state index >= 15 is 0 Å². The Morgan fingerprint density at radius 1 is 1.03 bits per heavy atom. The minimum atomic E-state index is -0.877. The number of allylic oxidation sites excluding steroid dienone is 1. The number of hydrogen-bond donors (Lipinski definition) is 3. The number of carboxylic acids is 1. The van der Waals surface area contributed by atoms with Crippen molar-refractivity contribution in [3.8, 4) is 0 Å². The number of amides is 2. The van der Waals surface area contributed by atoms with Gasteiger partial charge < -0.3 is 15.7 Å². The van der Waals surface area contributed by atoms with Crippen molar-refractivity contribution in [3.05, 3.63) is 76.5 Å². The molecule has 0 fully saturated rings. The van der Waals surface area contributed by atoms with Gasteiger partial charge in [-0.1, -0.05) is 56.6 Å². The van der Waals surface area contributed by atoms with Crippen LogP contribution in [0.3, 0.4) is 0 Å². The number of halogens is 1. The summed E-state index contributed by atoms with van der Waals surface area (Å²) < 4.78 is 0. The molecule has 0 radical (unpaired) electrons. The lowest BCUT2D eigenvalue weighted by atomic mass is 9.90. The van der Waals surface area contributed by atoms with Crippen LogP contribution in [0.25, 0.3) is 0 Å². The quantitative estimate of drug-likeness (QED) is 0.613. The van der Waals surface area contributed by atoms with Gasteiger partial charge in [0.25, 0.3) is 0 Å². The highest BCUT2D eigenvalue weighted by Gasteiger charge is 2.29. The average Bonchev–Trinajstić information content (AvgIpc) is 3.08. The van der Waals surface area contributed by atoms with Gasteiger partial charge in [-0.25, -0.2) is 4.79 Å². The van der Waals surface area contributed by atoms with Crippen LogP contribution >= 0.6 is 11.6 Å². The molecule has 2 amide bonds. The van der Waals surface area contributed by atoms with Crippen molar-refractivity contribution >= 4 is 35.0 Å². The highest BCUT2D eigenvalue weighted by Crippen LogP contribution is 2.34. The molecule has 0 aliphatic carbocycles. The van der Waals surface area contributed by atoms with Crippen LogP contribution in [0, 0.1) is 5.41 Å². The van der Waals surface area contributed by atoms with Crippen LogP contribution < -0.4 is 10.6 Å². The van der Waals surface area contributed by atoms with Gasteiger partial charge in [0.05, 0.1) is 12.1 Å². The summed E-state index contributed by atoms with van der Waals surface area (Å²) in [5.74, 6) is -0.877. The van der Waals surface area contributed by atoms with E-state index in [9.17, 15) is 9.59 Å². The second-order valence-electron chi connectivity index (χ2n) is 8.16. The molecule has 156 valence electrons. The predicted octanol–water partition coefficient (Wildman–Crippen LogP) is 5.21. The van der Waals surface area contributed by atoms with Crippen molar-refractivity contribution in [2.75, 3.05) is 5.32 Å². The third kappa shape index (κ3) is 5.48. The number of urea groups is 1. The van der Waals surface area contributed by atoms with Crippen molar-refractivity contribution in [2.24, 2.45) is 10.4 Å². The molecule has 1 aliphatic heterocycles. The second-order valence-corrected chi connectivity index (χ2v) is 8.60.